The van der Waals surface area contributed by atoms with E-state index in [4.69, 9.17) is 4.74 Å². The van der Waals surface area contributed by atoms with Crippen molar-refractivity contribution in [2.24, 2.45) is 4.99 Å². The fraction of sp³-hybridized carbons (Fsp3) is 0.318. The van der Waals surface area contributed by atoms with Gasteiger partial charge in [-0.15, -0.1) is 24.0 Å². The van der Waals surface area contributed by atoms with Crippen molar-refractivity contribution in [2.75, 3.05) is 33.9 Å². The van der Waals surface area contributed by atoms with E-state index in [0.717, 1.165) is 24.0 Å². The Morgan fingerprint density at radius 1 is 1.09 bits per heavy atom. The number of aromatic amines is 1. The van der Waals surface area contributed by atoms with Crippen LogP contribution < -0.4 is 15.4 Å². The molecule has 4 N–H and O–H groups in total. The van der Waals surface area contributed by atoms with E-state index in [-0.39, 0.29) is 35.4 Å². The maximum Gasteiger partial charge on any atom is 0.240 e. The number of benzene rings is 2. The van der Waals surface area contributed by atoms with Crippen LogP contribution in [0.15, 0.2) is 64.6 Å². The Labute approximate surface area is 206 Å². The molecule has 1 aromatic heterocycles. The first-order valence-corrected chi connectivity index (χ1v) is 11.6. The molecule has 0 saturated carbocycles. The first-order valence-electron chi connectivity index (χ1n) is 10.1. The molecule has 2 aromatic carbocycles. The lowest BCUT2D eigenvalue weighted by Gasteiger charge is -2.13. The number of aliphatic imine (C=N–C) groups is 1. The Hall–Kier alpha value is -2.15. The second kappa shape index (κ2) is 12.8. The number of guanidine groups is 1. The van der Waals surface area contributed by atoms with Crippen molar-refractivity contribution in [3.05, 3.63) is 65.9 Å². The van der Waals surface area contributed by atoms with E-state index >= 15 is 0 Å². The predicted molar refractivity (Wildman–Crippen MR) is 139 cm³/mol. The zero-order valence-corrected chi connectivity index (χ0v) is 21.4. The van der Waals surface area contributed by atoms with Crippen LogP contribution in [0.3, 0.4) is 0 Å². The highest BCUT2D eigenvalue weighted by Crippen LogP contribution is 2.17. The van der Waals surface area contributed by atoms with Gasteiger partial charge in [-0.3, -0.25) is 4.99 Å². The van der Waals surface area contributed by atoms with Crippen molar-refractivity contribution in [3.8, 4) is 0 Å². The first kappa shape index (κ1) is 26.1. The molecule has 0 fully saturated rings. The highest BCUT2D eigenvalue weighted by Gasteiger charge is 2.13. The molecule has 0 amide bonds. The number of rotatable bonds is 10. The fourth-order valence-electron chi connectivity index (χ4n) is 3.24. The van der Waals surface area contributed by atoms with E-state index in [1.807, 2.05) is 24.4 Å². The van der Waals surface area contributed by atoms with Gasteiger partial charge in [0.2, 0.25) is 10.0 Å². The van der Waals surface area contributed by atoms with Gasteiger partial charge in [-0.2, -0.15) is 0 Å². The number of sulfonamides is 1. The summed E-state index contributed by atoms with van der Waals surface area (Å²) in [6, 6.07) is 15.1. The van der Waals surface area contributed by atoms with E-state index in [1.165, 1.54) is 18.1 Å². The summed E-state index contributed by atoms with van der Waals surface area (Å²) in [6.07, 6.45) is 2.89. The number of nitrogens with one attached hydrogen (secondary N) is 4. The molecule has 0 bridgehead atoms. The van der Waals surface area contributed by atoms with Crippen molar-refractivity contribution < 1.29 is 13.2 Å². The van der Waals surface area contributed by atoms with Crippen LogP contribution in [-0.2, 0) is 27.7 Å². The molecule has 32 heavy (non-hydrogen) atoms. The number of methoxy groups -OCH3 is 1. The second-order valence-corrected chi connectivity index (χ2v) is 8.77. The number of ether oxygens (including phenoxy) is 1. The average Bonchev–Trinajstić information content (AvgIpc) is 3.19. The molecule has 174 valence electrons. The van der Waals surface area contributed by atoms with E-state index in [9.17, 15) is 8.42 Å². The molecule has 0 atom stereocenters. The van der Waals surface area contributed by atoms with Crippen LogP contribution in [0.4, 0.5) is 0 Å². The summed E-state index contributed by atoms with van der Waals surface area (Å²) in [7, 11) is -0.323. The van der Waals surface area contributed by atoms with Crippen LogP contribution in [0.25, 0.3) is 10.9 Å². The van der Waals surface area contributed by atoms with Gasteiger partial charge >= 0.3 is 0 Å². The zero-order valence-electron chi connectivity index (χ0n) is 18.2. The van der Waals surface area contributed by atoms with Crippen molar-refractivity contribution in [1.82, 2.24) is 20.3 Å². The average molecular weight is 571 g/mol. The maximum absolute atomic E-state index is 12.4. The fourth-order valence-corrected chi connectivity index (χ4v) is 4.33. The van der Waals surface area contributed by atoms with Gasteiger partial charge in [-0.1, -0.05) is 30.3 Å². The van der Waals surface area contributed by atoms with Crippen LogP contribution >= 0.6 is 24.0 Å². The number of hydrogen-bond acceptors (Lipinski definition) is 4. The van der Waals surface area contributed by atoms with Gasteiger partial charge in [0, 0.05) is 50.9 Å². The molecule has 0 spiro atoms. The number of hydrogen-bond donors (Lipinski definition) is 4. The predicted octanol–water partition coefficient (Wildman–Crippen LogP) is 2.62. The van der Waals surface area contributed by atoms with Crippen molar-refractivity contribution in [3.63, 3.8) is 0 Å². The van der Waals surface area contributed by atoms with Gasteiger partial charge < -0.3 is 20.4 Å². The summed E-state index contributed by atoms with van der Waals surface area (Å²) in [5.74, 6) is 0.659. The Morgan fingerprint density at radius 3 is 2.69 bits per heavy atom. The van der Waals surface area contributed by atoms with Crippen LogP contribution in [0.1, 0.15) is 11.1 Å². The smallest absolute Gasteiger partial charge is 0.240 e. The molecule has 8 nitrogen and oxygen atoms in total. The molecule has 0 unspecified atom stereocenters. The lowest BCUT2D eigenvalue weighted by molar-refractivity contribution is 0.204. The van der Waals surface area contributed by atoms with E-state index < -0.39 is 10.0 Å². The van der Waals surface area contributed by atoms with Crippen LogP contribution in [-0.4, -0.2) is 53.2 Å². The van der Waals surface area contributed by atoms with Crippen molar-refractivity contribution >= 4 is 50.9 Å². The monoisotopic (exact) mass is 571 g/mol. The van der Waals surface area contributed by atoms with Gasteiger partial charge in [0.1, 0.15) is 0 Å². The molecule has 0 aliphatic heterocycles. The largest absolute Gasteiger partial charge is 0.383 e. The van der Waals surface area contributed by atoms with Gasteiger partial charge in [0.05, 0.1) is 11.5 Å². The minimum absolute atomic E-state index is 0. The molecule has 3 aromatic rings. The minimum Gasteiger partial charge on any atom is -0.383 e. The molecular weight excluding hydrogens is 541 g/mol. The summed E-state index contributed by atoms with van der Waals surface area (Å²) in [6.45, 7) is 1.73. The lowest BCUT2D eigenvalue weighted by Crippen LogP contribution is -2.37. The number of aromatic nitrogens is 1. The second-order valence-electron chi connectivity index (χ2n) is 7.00. The standard InChI is InChI=1S/C22H29N5O3S.HI/c1-23-22(24-11-10-18-16-25-21-9-4-3-8-20(18)21)26-15-17-6-5-7-19(14-17)31(28,29)27-12-13-30-2;/h3-9,14,16,25,27H,10-13,15H2,1-2H3,(H2,23,24,26);1H. The van der Waals surface area contributed by atoms with Crippen molar-refractivity contribution in [1.29, 1.82) is 0 Å². The highest BCUT2D eigenvalue weighted by atomic mass is 127. The minimum atomic E-state index is -3.56. The molecule has 0 aliphatic carbocycles. The van der Waals surface area contributed by atoms with Gasteiger partial charge in [0.15, 0.2) is 5.96 Å². The lowest BCUT2D eigenvalue weighted by atomic mass is 10.1. The third kappa shape index (κ3) is 7.19. The molecule has 3 rings (SSSR count). The molecule has 0 radical (unpaired) electrons. The SMILES string of the molecule is CN=C(NCCc1c[nH]c2ccccc12)NCc1cccc(S(=O)(=O)NCCOC)c1.I. The Morgan fingerprint density at radius 2 is 1.91 bits per heavy atom. The first-order chi connectivity index (χ1) is 15.0. The van der Waals surface area contributed by atoms with Crippen LogP contribution in [0, 0.1) is 0 Å². The number of fused-ring (bicyclic) bond motifs is 1. The number of halogens is 1. The molecule has 0 aliphatic rings. The van der Waals surface area contributed by atoms with Crippen LogP contribution in [0.2, 0.25) is 0 Å². The number of H-pyrrole nitrogens is 1. The van der Waals surface area contributed by atoms with E-state index in [1.54, 1.807) is 25.2 Å². The van der Waals surface area contributed by atoms with Crippen LogP contribution in [0.5, 0.6) is 0 Å². The van der Waals surface area contributed by atoms with Gasteiger partial charge in [0.25, 0.3) is 0 Å². The zero-order chi connectivity index (χ0) is 22.1. The summed E-state index contributed by atoms with van der Waals surface area (Å²) in [5.41, 5.74) is 3.22. The molecule has 0 saturated heterocycles. The van der Waals surface area contributed by atoms with Gasteiger partial charge in [-0.05, 0) is 35.7 Å². The molecule has 10 heteroatoms. The summed E-state index contributed by atoms with van der Waals surface area (Å²) in [4.78, 5) is 7.76. The number of nitrogens with zero attached hydrogens (tertiary/aromatic N) is 1. The third-order valence-electron chi connectivity index (χ3n) is 4.85. The van der Waals surface area contributed by atoms with Crippen molar-refractivity contribution in [2.45, 2.75) is 17.9 Å². The summed E-state index contributed by atoms with van der Waals surface area (Å²) < 4.78 is 32.2. The third-order valence-corrected chi connectivity index (χ3v) is 6.31. The normalized spacial score (nSPS) is 11.9. The highest BCUT2D eigenvalue weighted by molar-refractivity contribution is 14.0. The summed E-state index contributed by atoms with van der Waals surface area (Å²) in [5, 5.41) is 7.76. The van der Waals surface area contributed by atoms with E-state index in [0.29, 0.717) is 19.1 Å². The molecular formula is C22H30IN5O3S. The Kier molecular flexibility index (Phi) is 10.4. The number of para-hydroxylation sites is 1. The van der Waals surface area contributed by atoms with E-state index in [2.05, 4.69) is 37.5 Å². The topological polar surface area (TPSA) is 108 Å². The quantitative estimate of drug-likeness (QED) is 0.130. The maximum atomic E-state index is 12.4. The Balaban J connectivity index is 0.00000363. The Bertz CT molecular complexity index is 1130. The summed E-state index contributed by atoms with van der Waals surface area (Å²) >= 11 is 0. The molecule has 1 heterocycles. The van der Waals surface area contributed by atoms with Gasteiger partial charge in [-0.25, -0.2) is 13.1 Å².